The first-order valence-corrected chi connectivity index (χ1v) is 12.2. The van der Waals surface area contributed by atoms with Gasteiger partial charge in [0.15, 0.2) is 11.6 Å². The van der Waals surface area contributed by atoms with Gasteiger partial charge in [-0.2, -0.15) is 0 Å². The maximum atomic E-state index is 14.0. The SMILES string of the molecule is COc1cccc(-n2c(CCNCCc3nc(C(N)=O)c(Cc4ncccc4F)o3)nc3ccccc32)c1. The minimum atomic E-state index is -0.726. The number of pyridine rings is 1. The first-order valence-electron chi connectivity index (χ1n) is 12.2. The van der Waals surface area contributed by atoms with Crippen molar-refractivity contribution in [1.82, 2.24) is 24.8 Å². The van der Waals surface area contributed by atoms with Crippen LogP contribution < -0.4 is 15.8 Å². The molecule has 0 saturated carbocycles. The fraction of sp³-hybridized carbons (Fsp3) is 0.214. The summed E-state index contributed by atoms with van der Waals surface area (Å²) in [6.45, 7) is 1.21. The molecular formula is C28H27FN6O3. The zero-order valence-electron chi connectivity index (χ0n) is 20.9. The molecule has 0 aliphatic carbocycles. The highest BCUT2D eigenvalue weighted by atomic mass is 19.1. The number of nitrogens with two attached hydrogens (primary N) is 1. The molecule has 0 aliphatic heterocycles. The van der Waals surface area contributed by atoms with E-state index in [0.29, 0.717) is 31.8 Å². The molecule has 10 heteroatoms. The Labute approximate surface area is 218 Å². The summed E-state index contributed by atoms with van der Waals surface area (Å²) >= 11 is 0. The molecule has 3 aromatic heterocycles. The van der Waals surface area contributed by atoms with Crippen LogP contribution in [0.1, 0.15) is 33.7 Å². The van der Waals surface area contributed by atoms with Crippen LogP contribution in [0.25, 0.3) is 16.7 Å². The number of primary amides is 1. The zero-order valence-corrected chi connectivity index (χ0v) is 20.9. The summed E-state index contributed by atoms with van der Waals surface area (Å²) < 4.78 is 27.3. The number of aromatic nitrogens is 4. The van der Waals surface area contributed by atoms with Crippen LogP contribution >= 0.6 is 0 Å². The molecule has 0 spiro atoms. The number of oxazole rings is 1. The number of nitrogens with zero attached hydrogens (tertiary/aromatic N) is 4. The summed E-state index contributed by atoms with van der Waals surface area (Å²) in [6.07, 6.45) is 2.57. The maximum Gasteiger partial charge on any atom is 0.270 e. The molecule has 0 aliphatic rings. The molecule has 3 N–H and O–H groups in total. The molecule has 0 radical (unpaired) electrons. The summed E-state index contributed by atoms with van der Waals surface area (Å²) in [5.41, 5.74) is 8.54. The number of ether oxygens (including phenoxy) is 1. The van der Waals surface area contributed by atoms with Gasteiger partial charge in [-0.15, -0.1) is 0 Å². The monoisotopic (exact) mass is 514 g/mol. The maximum absolute atomic E-state index is 14.0. The van der Waals surface area contributed by atoms with Crippen molar-refractivity contribution in [3.63, 3.8) is 0 Å². The van der Waals surface area contributed by atoms with E-state index in [9.17, 15) is 9.18 Å². The van der Waals surface area contributed by atoms with E-state index in [-0.39, 0.29) is 23.6 Å². The lowest BCUT2D eigenvalue weighted by atomic mass is 10.2. The Morgan fingerprint density at radius 2 is 1.92 bits per heavy atom. The smallest absolute Gasteiger partial charge is 0.270 e. The Bertz CT molecular complexity index is 1580. The molecular weight excluding hydrogens is 487 g/mol. The Morgan fingerprint density at radius 3 is 2.74 bits per heavy atom. The van der Waals surface area contributed by atoms with Crippen LogP contribution in [0.2, 0.25) is 0 Å². The number of hydrogen-bond acceptors (Lipinski definition) is 7. The number of carbonyl (C=O) groups excluding carboxylic acids is 1. The summed E-state index contributed by atoms with van der Waals surface area (Å²) in [7, 11) is 1.65. The molecule has 194 valence electrons. The molecule has 2 aromatic carbocycles. The number of methoxy groups -OCH3 is 1. The minimum absolute atomic E-state index is 0.00272. The Balaban J connectivity index is 1.24. The molecule has 9 nitrogen and oxygen atoms in total. The van der Waals surface area contributed by atoms with Gasteiger partial charge in [0.1, 0.15) is 23.2 Å². The lowest BCUT2D eigenvalue weighted by Crippen LogP contribution is -2.21. The number of halogens is 1. The van der Waals surface area contributed by atoms with Crippen LogP contribution in [0, 0.1) is 5.82 Å². The van der Waals surface area contributed by atoms with Crippen LogP contribution in [-0.2, 0) is 19.3 Å². The fourth-order valence-electron chi connectivity index (χ4n) is 4.32. The Morgan fingerprint density at radius 1 is 1.08 bits per heavy atom. The van der Waals surface area contributed by atoms with Gasteiger partial charge in [-0.1, -0.05) is 18.2 Å². The highest BCUT2D eigenvalue weighted by molar-refractivity contribution is 5.91. The second kappa shape index (κ2) is 11.2. The van der Waals surface area contributed by atoms with E-state index in [1.807, 2.05) is 48.5 Å². The van der Waals surface area contributed by atoms with Gasteiger partial charge in [-0.05, 0) is 36.4 Å². The molecule has 38 heavy (non-hydrogen) atoms. The topological polar surface area (TPSA) is 121 Å². The third-order valence-electron chi connectivity index (χ3n) is 6.12. The number of imidazole rings is 1. The predicted octanol–water partition coefficient (Wildman–Crippen LogP) is 3.62. The lowest BCUT2D eigenvalue weighted by molar-refractivity contribution is 0.0994. The van der Waals surface area contributed by atoms with E-state index in [1.54, 1.807) is 7.11 Å². The zero-order chi connectivity index (χ0) is 26.5. The predicted molar refractivity (Wildman–Crippen MR) is 140 cm³/mol. The number of hydrogen-bond donors (Lipinski definition) is 2. The van der Waals surface area contributed by atoms with Crippen LogP contribution in [0.4, 0.5) is 4.39 Å². The second-order valence-electron chi connectivity index (χ2n) is 8.66. The number of fused-ring (bicyclic) bond motifs is 1. The van der Waals surface area contributed by atoms with Crippen molar-refractivity contribution < 1.29 is 18.3 Å². The van der Waals surface area contributed by atoms with Crippen molar-refractivity contribution in [2.75, 3.05) is 20.2 Å². The molecule has 0 bridgehead atoms. The molecule has 0 fully saturated rings. The van der Waals surface area contributed by atoms with Crippen molar-refractivity contribution in [1.29, 1.82) is 0 Å². The number of para-hydroxylation sites is 2. The van der Waals surface area contributed by atoms with Crippen LogP contribution in [-0.4, -0.2) is 45.6 Å². The average molecular weight is 515 g/mol. The average Bonchev–Trinajstić information content (AvgIpc) is 3.51. The highest BCUT2D eigenvalue weighted by Gasteiger charge is 2.20. The van der Waals surface area contributed by atoms with Crippen LogP contribution in [0.3, 0.4) is 0 Å². The van der Waals surface area contributed by atoms with E-state index in [2.05, 4.69) is 19.9 Å². The first kappa shape index (κ1) is 25.1. The number of carbonyl (C=O) groups is 1. The van der Waals surface area contributed by atoms with Gasteiger partial charge < -0.3 is 20.2 Å². The molecule has 0 atom stereocenters. The largest absolute Gasteiger partial charge is 0.497 e. The van der Waals surface area contributed by atoms with Crippen molar-refractivity contribution >= 4 is 16.9 Å². The van der Waals surface area contributed by atoms with Gasteiger partial charge in [0.2, 0.25) is 0 Å². The fourth-order valence-corrected chi connectivity index (χ4v) is 4.32. The highest BCUT2D eigenvalue weighted by Crippen LogP contribution is 2.24. The van der Waals surface area contributed by atoms with Gasteiger partial charge in [0, 0.05) is 38.2 Å². The third kappa shape index (κ3) is 5.40. The van der Waals surface area contributed by atoms with Gasteiger partial charge in [-0.25, -0.2) is 14.4 Å². The van der Waals surface area contributed by atoms with E-state index in [0.717, 1.165) is 28.3 Å². The lowest BCUT2D eigenvalue weighted by Gasteiger charge is -2.11. The second-order valence-corrected chi connectivity index (χ2v) is 8.66. The van der Waals surface area contributed by atoms with E-state index in [4.69, 9.17) is 19.9 Å². The van der Waals surface area contributed by atoms with Crippen LogP contribution in [0.5, 0.6) is 5.75 Å². The van der Waals surface area contributed by atoms with Gasteiger partial charge >= 0.3 is 0 Å². The Kier molecular flexibility index (Phi) is 7.41. The van der Waals surface area contributed by atoms with Crippen molar-refractivity contribution in [2.24, 2.45) is 5.73 Å². The molecule has 1 amide bonds. The summed E-state index contributed by atoms with van der Waals surface area (Å²) in [5, 5.41) is 3.38. The minimum Gasteiger partial charge on any atom is -0.497 e. The van der Waals surface area contributed by atoms with Gasteiger partial charge in [0.05, 0.1) is 35.9 Å². The van der Waals surface area contributed by atoms with Crippen molar-refractivity contribution in [2.45, 2.75) is 19.3 Å². The number of nitrogens with one attached hydrogen (secondary N) is 1. The van der Waals surface area contributed by atoms with E-state index in [1.165, 1.54) is 18.3 Å². The Hall–Kier alpha value is -4.57. The van der Waals surface area contributed by atoms with E-state index < -0.39 is 11.7 Å². The summed E-state index contributed by atoms with van der Waals surface area (Å²) in [4.78, 5) is 24.9. The number of amides is 1. The van der Waals surface area contributed by atoms with E-state index >= 15 is 0 Å². The standard InChI is InChI=1S/C28H27FN6O3/c1-37-19-7-4-6-18(16-19)35-23-10-3-2-9-21(23)33-25(35)11-14-31-15-12-26-34-27(28(30)36)24(38-26)17-22-20(29)8-5-13-32-22/h2-10,13,16,31H,11-12,14-15,17H2,1H3,(H2,30,36). The number of benzene rings is 2. The molecule has 3 heterocycles. The van der Waals surface area contributed by atoms with Gasteiger partial charge in [-0.3, -0.25) is 14.3 Å². The quantitative estimate of drug-likeness (QED) is 0.258. The molecule has 5 rings (SSSR count). The van der Waals surface area contributed by atoms with Crippen molar-refractivity contribution in [3.8, 4) is 11.4 Å². The molecule has 0 unspecified atom stereocenters. The third-order valence-corrected chi connectivity index (χ3v) is 6.12. The summed E-state index contributed by atoms with van der Waals surface area (Å²) in [6, 6.07) is 18.7. The summed E-state index contributed by atoms with van der Waals surface area (Å²) in [5.74, 6) is 1.03. The normalized spacial score (nSPS) is 11.2. The number of rotatable bonds is 11. The first-order chi connectivity index (χ1) is 18.5. The molecule has 5 aromatic rings. The van der Waals surface area contributed by atoms with Gasteiger partial charge in [0.25, 0.3) is 5.91 Å². The van der Waals surface area contributed by atoms with Crippen molar-refractivity contribution in [3.05, 3.63) is 102 Å². The van der Waals surface area contributed by atoms with Crippen LogP contribution in [0.15, 0.2) is 71.3 Å². The molecule has 0 saturated heterocycles.